The van der Waals surface area contributed by atoms with Crippen molar-refractivity contribution in [3.63, 3.8) is 0 Å². The molecule has 2 amide bonds. The van der Waals surface area contributed by atoms with Crippen LogP contribution in [0.4, 0.5) is 11.4 Å². The number of amides is 2. The van der Waals surface area contributed by atoms with E-state index in [1.807, 2.05) is 49.4 Å². The van der Waals surface area contributed by atoms with Crippen LogP contribution in [0.25, 0.3) is 0 Å². The summed E-state index contributed by atoms with van der Waals surface area (Å²) < 4.78 is 5.09. The number of carbonyl (C=O) groups excluding carboxylic acids is 2. The van der Waals surface area contributed by atoms with E-state index >= 15 is 0 Å². The average Bonchev–Trinajstić information content (AvgIpc) is 3.16. The van der Waals surface area contributed by atoms with Crippen molar-refractivity contribution in [2.75, 3.05) is 43.1 Å². The zero-order chi connectivity index (χ0) is 22.4. The number of benzene rings is 1. The summed E-state index contributed by atoms with van der Waals surface area (Å²) in [7, 11) is 0. The van der Waals surface area contributed by atoms with Gasteiger partial charge in [0.05, 0.1) is 12.7 Å². The Morgan fingerprint density at radius 3 is 2.27 bits per heavy atom. The van der Waals surface area contributed by atoms with Crippen LogP contribution in [-0.4, -0.2) is 56.4 Å². The Kier molecular flexibility index (Phi) is 12.4. The van der Waals surface area contributed by atoms with Gasteiger partial charge >= 0.3 is 0 Å². The third kappa shape index (κ3) is 9.39. The van der Waals surface area contributed by atoms with Crippen LogP contribution in [0.15, 0.2) is 36.4 Å². The molecule has 0 saturated carbocycles. The second-order valence-electron chi connectivity index (χ2n) is 6.36. The molecule has 30 heavy (non-hydrogen) atoms. The molecule has 1 atom stereocenters. The third-order valence-corrected chi connectivity index (χ3v) is 4.93. The fourth-order valence-corrected chi connectivity index (χ4v) is 3.38. The largest absolute Gasteiger partial charge is 0.389 e. The van der Waals surface area contributed by atoms with Gasteiger partial charge in [-0.15, -0.1) is 11.3 Å². The molecule has 1 aromatic carbocycles. The Labute approximate surface area is 183 Å². The van der Waals surface area contributed by atoms with Crippen molar-refractivity contribution >= 4 is 35.0 Å². The van der Waals surface area contributed by atoms with Crippen LogP contribution >= 0.6 is 11.3 Å². The maximum atomic E-state index is 11.7. The molecule has 0 spiro atoms. The maximum absolute atomic E-state index is 11.7. The zero-order valence-electron chi connectivity index (χ0n) is 18.2. The molecule has 1 saturated heterocycles. The van der Waals surface area contributed by atoms with Crippen molar-refractivity contribution in [2.24, 2.45) is 0 Å². The number of hydrogen-bond acceptors (Lipinski definition) is 6. The van der Waals surface area contributed by atoms with E-state index in [2.05, 4.69) is 36.6 Å². The number of carbonyl (C=O) groups is 2. The molecule has 166 valence electrons. The number of anilines is 2. The van der Waals surface area contributed by atoms with Crippen LogP contribution in [-0.2, 0) is 14.3 Å². The molecule has 3 N–H and O–H groups in total. The first-order valence-corrected chi connectivity index (χ1v) is 10.9. The summed E-state index contributed by atoms with van der Waals surface area (Å²) in [6.07, 6.45) is -0.104. The topological polar surface area (TPSA) is 90.9 Å². The van der Waals surface area contributed by atoms with E-state index in [-0.39, 0.29) is 19.1 Å². The quantitative estimate of drug-likeness (QED) is 0.582. The van der Waals surface area contributed by atoms with Crippen LogP contribution in [0, 0.1) is 13.8 Å². The molecule has 1 aliphatic rings. The van der Waals surface area contributed by atoms with Gasteiger partial charge in [0.2, 0.25) is 6.41 Å². The molecule has 0 radical (unpaired) electrons. The number of rotatable bonds is 7. The molecule has 3 rings (SSSR count). The molecule has 0 bridgehead atoms. The van der Waals surface area contributed by atoms with Gasteiger partial charge < -0.3 is 25.4 Å². The molecule has 2 aromatic rings. The molecule has 1 aliphatic heterocycles. The number of ether oxygens (including phenoxy) is 1. The van der Waals surface area contributed by atoms with E-state index < -0.39 is 6.10 Å². The second-order valence-corrected chi connectivity index (χ2v) is 7.85. The van der Waals surface area contributed by atoms with Gasteiger partial charge in [-0.1, -0.05) is 13.8 Å². The van der Waals surface area contributed by atoms with Gasteiger partial charge in [0, 0.05) is 40.8 Å². The van der Waals surface area contributed by atoms with Gasteiger partial charge in [-0.25, -0.2) is 0 Å². The molecule has 8 heteroatoms. The molecule has 0 aliphatic carbocycles. The number of aliphatic hydroxyl groups is 1. The normalized spacial score (nSPS) is 13.9. The maximum Gasteiger partial charge on any atom is 0.253 e. The van der Waals surface area contributed by atoms with Crippen molar-refractivity contribution in [1.82, 2.24) is 5.32 Å². The number of nitrogens with zero attached hydrogens (tertiary/aromatic N) is 1. The highest BCUT2D eigenvalue weighted by Crippen LogP contribution is 2.19. The summed E-state index contributed by atoms with van der Waals surface area (Å²) in [6.45, 7) is 10.0. The Balaban J connectivity index is 0.000000418. The SMILES string of the molecule is CC.Cc1ccc(C)s1.O=CNCC(O)CNc1ccc(N2CCOCC2=O)cc1. The van der Waals surface area contributed by atoms with Gasteiger partial charge in [-0.3, -0.25) is 9.59 Å². The third-order valence-electron chi connectivity index (χ3n) is 4.02. The monoisotopic (exact) mass is 435 g/mol. The van der Waals surface area contributed by atoms with E-state index in [1.54, 1.807) is 4.90 Å². The van der Waals surface area contributed by atoms with E-state index in [9.17, 15) is 14.7 Å². The fourth-order valence-electron chi connectivity index (χ4n) is 2.60. The molecule has 1 aromatic heterocycles. The number of hydrogen-bond donors (Lipinski definition) is 3. The van der Waals surface area contributed by atoms with Crippen LogP contribution in [0.2, 0.25) is 0 Å². The van der Waals surface area contributed by atoms with Gasteiger partial charge in [-0.2, -0.15) is 0 Å². The van der Waals surface area contributed by atoms with Crippen molar-refractivity contribution in [2.45, 2.75) is 33.8 Å². The highest BCUT2D eigenvalue weighted by molar-refractivity contribution is 7.11. The van der Waals surface area contributed by atoms with Gasteiger partial charge in [-0.05, 0) is 50.2 Å². The number of aliphatic hydroxyl groups excluding tert-OH is 1. The Morgan fingerprint density at radius 2 is 1.77 bits per heavy atom. The minimum Gasteiger partial charge on any atom is -0.389 e. The highest BCUT2D eigenvalue weighted by atomic mass is 32.1. The molecular weight excluding hydrogens is 402 g/mol. The lowest BCUT2D eigenvalue weighted by molar-refractivity contribution is -0.125. The van der Waals surface area contributed by atoms with E-state index in [0.717, 1.165) is 11.4 Å². The minimum atomic E-state index is -0.657. The molecular formula is C22H33N3O4S. The van der Waals surface area contributed by atoms with Crippen LogP contribution < -0.4 is 15.5 Å². The minimum absolute atomic E-state index is 0.0441. The lowest BCUT2D eigenvalue weighted by Crippen LogP contribution is -2.41. The molecule has 2 heterocycles. The second kappa shape index (κ2) is 14.5. The lowest BCUT2D eigenvalue weighted by Gasteiger charge is -2.27. The van der Waals surface area contributed by atoms with Crippen LogP contribution in [0.1, 0.15) is 23.6 Å². The number of morpholine rings is 1. The summed E-state index contributed by atoms with van der Waals surface area (Å²) in [4.78, 5) is 26.3. The number of aryl methyl sites for hydroxylation is 2. The van der Waals surface area contributed by atoms with E-state index in [4.69, 9.17) is 4.74 Å². The fraction of sp³-hybridized carbons (Fsp3) is 0.455. The van der Waals surface area contributed by atoms with Crippen LogP contribution in [0.3, 0.4) is 0 Å². The average molecular weight is 436 g/mol. The first kappa shape index (κ1) is 25.6. The highest BCUT2D eigenvalue weighted by Gasteiger charge is 2.19. The number of thiophene rings is 1. The predicted molar refractivity (Wildman–Crippen MR) is 123 cm³/mol. The molecule has 1 unspecified atom stereocenters. The van der Waals surface area contributed by atoms with E-state index in [1.165, 1.54) is 9.75 Å². The van der Waals surface area contributed by atoms with Crippen LogP contribution in [0.5, 0.6) is 0 Å². The summed E-state index contributed by atoms with van der Waals surface area (Å²) in [6, 6.07) is 11.7. The van der Waals surface area contributed by atoms with E-state index in [0.29, 0.717) is 26.1 Å². The Bertz CT molecular complexity index is 733. The summed E-state index contributed by atoms with van der Waals surface area (Å²) in [5.41, 5.74) is 1.67. The van der Waals surface area contributed by atoms with Crippen molar-refractivity contribution in [1.29, 1.82) is 0 Å². The van der Waals surface area contributed by atoms with Gasteiger partial charge in [0.1, 0.15) is 6.61 Å². The standard InChI is InChI=1S/C14H19N3O4.C6H8S.C2H6/c18-10-15-7-13(19)8-16-11-1-3-12(4-2-11)17-5-6-21-9-14(17)20;1-5-3-4-6(2)7-5;1-2/h1-4,10,13,16,19H,5-9H2,(H,15,18);3-4H,1-2H3;1-2H3. The van der Waals surface area contributed by atoms with Gasteiger partial charge in [0.25, 0.3) is 5.91 Å². The zero-order valence-corrected chi connectivity index (χ0v) is 19.0. The Hall–Kier alpha value is -2.42. The smallest absolute Gasteiger partial charge is 0.253 e. The number of nitrogens with one attached hydrogen (secondary N) is 2. The summed E-state index contributed by atoms with van der Waals surface area (Å²) in [5.74, 6) is -0.0441. The first-order chi connectivity index (χ1) is 14.5. The molecule has 7 nitrogen and oxygen atoms in total. The predicted octanol–water partition coefficient (Wildman–Crippen LogP) is 2.96. The lowest BCUT2D eigenvalue weighted by atomic mass is 10.2. The summed E-state index contributed by atoms with van der Waals surface area (Å²) >= 11 is 1.84. The molecule has 1 fully saturated rings. The van der Waals surface area contributed by atoms with Gasteiger partial charge in [0.15, 0.2) is 0 Å². The van der Waals surface area contributed by atoms with Crippen molar-refractivity contribution in [3.8, 4) is 0 Å². The van der Waals surface area contributed by atoms with Crippen molar-refractivity contribution < 1.29 is 19.4 Å². The van der Waals surface area contributed by atoms with Crippen molar-refractivity contribution in [3.05, 3.63) is 46.2 Å². The summed E-state index contributed by atoms with van der Waals surface area (Å²) in [5, 5.41) is 15.1. The first-order valence-electron chi connectivity index (χ1n) is 10.1. The Morgan fingerprint density at radius 1 is 1.13 bits per heavy atom.